The van der Waals surface area contributed by atoms with Crippen molar-refractivity contribution < 1.29 is 0 Å². The minimum Gasteiger partial charge on any atom is -0.144 e. The van der Waals surface area contributed by atoms with Gasteiger partial charge in [0.2, 0.25) is 0 Å². The standard InChI is InChI=1S/C15H23BrS/c1-11-10-12(2)17-15(11)14(16)13-8-6-4-3-5-7-9-13/h10,13-14H,3-9H2,1-2H3. The molecule has 1 aliphatic rings. The van der Waals surface area contributed by atoms with Gasteiger partial charge in [0.1, 0.15) is 0 Å². The smallest absolute Gasteiger partial charge is 0.0520 e. The van der Waals surface area contributed by atoms with E-state index in [2.05, 4.69) is 35.8 Å². The maximum absolute atomic E-state index is 3.98. The van der Waals surface area contributed by atoms with Gasteiger partial charge in [-0.2, -0.15) is 0 Å². The molecule has 1 aromatic heterocycles. The second-order valence-electron chi connectivity index (χ2n) is 5.41. The molecule has 2 rings (SSSR count). The van der Waals surface area contributed by atoms with Crippen LogP contribution < -0.4 is 0 Å². The number of alkyl halides is 1. The van der Waals surface area contributed by atoms with Crippen molar-refractivity contribution in [1.29, 1.82) is 0 Å². The molecule has 0 spiro atoms. The van der Waals surface area contributed by atoms with E-state index in [4.69, 9.17) is 0 Å². The van der Waals surface area contributed by atoms with E-state index in [1.807, 2.05) is 11.3 Å². The van der Waals surface area contributed by atoms with Crippen LogP contribution in [0, 0.1) is 19.8 Å². The minimum absolute atomic E-state index is 0.597. The fourth-order valence-corrected chi connectivity index (χ4v) is 5.21. The predicted octanol–water partition coefficient (Wildman–Crippen LogP) is 6.16. The van der Waals surface area contributed by atoms with Crippen molar-refractivity contribution in [2.24, 2.45) is 5.92 Å². The first kappa shape index (κ1) is 13.6. The third-order valence-corrected chi connectivity index (χ3v) is 6.64. The Kier molecular flexibility index (Phi) is 5.10. The van der Waals surface area contributed by atoms with Crippen molar-refractivity contribution in [2.75, 3.05) is 0 Å². The first-order chi connectivity index (χ1) is 8.18. The molecule has 0 radical (unpaired) electrons. The molecule has 1 atom stereocenters. The maximum Gasteiger partial charge on any atom is 0.0520 e. The van der Waals surface area contributed by atoms with E-state index < -0.39 is 0 Å². The van der Waals surface area contributed by atoms with Gasteiger partial charge in [-0.1, -0.05) is 48.0 Å². The average molecular weight is 315 g/mol. The van der Waals surface area contributed by atoms with E-state index in [1.54, 1.807) is 4.88 Å². The molecular formula is C15H23BrS. The summed E-state index contributed by atoms with van der Waals surface area (Å²) < 4.78 is 0. The molecule has 1 fully saturated rings. The van der Waals surface area contributed by atoms with Gasteiger partial charge in [0, 0.05) is 9.75 Å². The molecule has 1 saturated carbocycles. The first-order valence-corrected chi connectivity index (χ1v) is 8.62. The summed E-state index contributed by atoms with van der Waals surface area (Å²) in [6, 6.07) is 2.33. The molecule has 96 valence electrons. The van der Waals surface area contributed by atoms with Gasteiger partial charge in [0.05, 0.1) is 4.83 Å². The molecule has 0 nitrogen and oxygen atoms in total. The van der Waals surface area contributed by atoms with Crippen LogP contribution in [-0.4, -0.2) is 0 Å². The molecule has 1 unspecified atom stereocenters. The van der Waals surface area contributed by atoms with Crippen LogP contribution in [0.2, 0.25) is 0 Å². The van der Waals surface area contributed by atoms with Crippen LogP contribution in [0.4, 0.5) is 0 Å². The quantitative estimate of drug-likeness (QED) is 0.573. The molecule has 0 bridgehead atoms. The second-order valence-corrected chi connectivity index (χ2v) is 7.69. The fraction of sp³-hybridized carbons (Fsp3) is 0.733. The highest BCUT2D eigenvalue weighted by molar-refractivity contribution is 9.09. The Morgan fingerprint density at radius 1 is 1.12 bits per heavy atom. The average Bonchev–Trinajstić information content (AvgIpc) is 2.56. The van der Waals surface area contributed by atoms with Gasteiger partial charge >= 0.3 is 0 Å². The summed E-state index contributed by atoms with van der Waals surface area (Å²) in [5, 5.41) is 0. The molecule has 0 saturated heterocycles. The number of rotatable bonds is 2. The maximum atomic E-state index is 3.98. The highest BCUT2D eigenvalue weighted by Gasteiger charge is 2.23. The lowest BCUT2D eigenvalue weighted by molar-refractivity contribution is 0.376. The Labute approximate surface area is 118 Å². The molecule has 0 amide bonds. The summed E-state index contributed by atoms with van der Waals surface area (Å²) in [5.74, 6) is 0.854. The van der Waals surface area contributed by atoms with Crippen LogP contribution in [0.5, 0.6) is 0 Å². The van der Waals surface area contributed by atoms with E-state index in [-0.39, 0.29) is 0 Å². The number of hydrogen-bond donors (Lipinski definition) is 0. The SMILES string of the molecule is Cc1cc(C)c(C(Br)C2CCCCCCC2)s1. The molecule has 2 heteroatoms. The third-order valence-electron chi connectivity index (χ3n) is 3.89. The summed E-state index contributed by atoms with van der Waals surface area (Å²) >= 11 is 5.96. The van der Waals surface area contributed by atoms with Gasteiger partial charge in [0.15, 0.2) is 0 Å². The van der Waals surface area contributed by atoms with Crippen LogP contribution in [0.1, 0.15) is 65.1 Å². The lowest BCUT2D eigenvalue weighted by atomic mass is 9.88. The van der Waals surface area contributed by atoms with E-state index in [1.165, 1.54) is 55.4 Å². The van der Waals surface area contributed by atoms with Gasteiger partial charge in [0.25, 0.3) is 0 Å². The zero-order valence-electron chi connectivity index (χ0n) is 11.0. The molecule has 0 N–H and O–H groups in total. The minimum atomic E-state index is 0.597. The zero-order chi connectivity index (χ0) is 12.3. The molecule has 1 aromatic rings. The van der Waals surface area contributed by atoms with Crippen LogP contribution in [-0.2, 0) is 0 Å². The van der Waals surface area contributed by atoms with E-state index in [0.717, 1.165) is 5.92 Å². The van der Waals surface area contributed by atoms with Crippen molar-refractivity contribution in [3.05, 3.63) is 21.4 Å². The predicted molar refractivity (Wildman–Crippen MR) is 81.3 cm³/mol. The van der Waals surface area contributed by atoms with Gasteiger partial charge < -0.3 is 0 Å². The van der Waals surface area contributed by atoms with Crippen molar-refractivity contribution in [3.8, 4) is 0 Å². The van der Waals surface area contributed by atoms with Gasteiger partial charge in [-0.15, -0.1) is 11.3 Å². The molecular weight excluding hydrogens is 292 g/mol. The Balaban J connectivity index is 2.06. The van der Waals surface area contributed by atoms with E-state index in [0.29, 0.717) is 4.83 Å². The monoisotopic (exact) mass is 314 g/mol. The van der Waals surface area contributed by atoms with Gasteiger partial charge in [-0.05, 0) is 44.2 Å². The third kappa shape index (κ3) is 3.57. The first-order valence-electron chi connectivity index (χ1n) is 6.89. The molecule has 1 heterocycles. The Morgan fingerprint density at radius 2 is 1.71 bits per heavy atom. The van der Waals surface area contributed by atoms with Crippen LogP contribution in [0.25, 0.3) is 0 Å². The lowest BCUT2D eigenvalue weighted by Crippen LogP contribution is -2.09. The summed E-state index contributed by atoms with van der Waals surface area (Å²) in [4.78, 5) is 3.63. The normalized spacial score (nSPS) is 20.9. The molecule has 0 aromatic carbocycles. The Bertz CT molecular complexity index is 348. The fourth-order valence-electron chi connectivity index (χ4n) is 2.93. The van der Waals surface area contributed by atoms with Crippen LogP contribution in [0.15, 0.2) is 6.07 Å². The summed E-state index contributed by atoms with van der Waals surface area (Å²) in [6.45, 7) is 4.48. The topological polar surface area (TPSA) is 0 Å². The largest absolute Gasteiger partial charge is 0.144 e. The number of hydrogen-bond acceptors (Lipinski definition) is 1. The Morgan fingerprint density at radius 3 is 2.24 bits per heavy atom. The van der Waals surface area contributed by atoms with Crippen molar-refractivity contribution >= 4 is 27.3 Å². The molecule has 0 aliphatic heterocycles. The molecule has 1 aliphatic carbocycles. The van der Waals surface area contributed by atoms with E-state index in [9.17, 15) is 0 Å². The summed E-state index contributed by atoms with van der Waals surface area (Å²) in [5.41, 5.74) is 1.48. The van der Waals surface area contributed by atoms with E-state index >= 15 is 0 Å². The highest BCUT2D eigenvalue weighted by atomic mass is 79.9. The van der Waals surface area contributed by atoms with Crippen molar-refractivity contribution in [3.63, 3.8) is 0 Å². The van der Waals surface area contributed by atoms with Crippen LogP contribution >= 0.6 is 27.3 Å². The van der Waals surface area contributed by atoms with Crippen LogP contribution in [0.3, 0.4) is 0 Å². The Hall–Kier alpha value is 0.180. The summed E-state index contributed by atoms with van der Waals surface area (Å²) in [6.07, 6.45) is 10.0. The zero-order valence-corrected chi connectivity index (χ0v) is 13.4. The number of aryl methyl sites for hydroxylation is 2. The number of halogens is 1. The number of thiophene rings is 1. The van der Waals surface area contributed by atoms with Crippen molar-refractivity contribution in [1.82, 2.24) is 0 Å². The van der Waals surface area contributed by atoms with Crippen molar-refractivity contribution in [2.45, 2.75) is 63.6 Å². The molecule has 17 heavy (non-hydrogen) atoms. The van der Waals surface area contributed by atoms with Gasteiger partial charge in [-0.3, -0.25) is 0 Å². The van der Waals surface area contributed by atoms with Gasteiger partial charge in [-0.25, -0.2) is 0 Å². The highest BCUT2D eigenvalue weighted by Crippen LogP contribution is 2.42. The second kappa shape index (κ2) is 6.38. The summed E-state index contributed by atoms with van der Waals surface area (Å²) in [7, 11) is 0. The lowest BCUT2D eigenvalue weighted by Gasteiger charge is -2.24.